The largest absolute Gasteiger partial charge is 0.465 e. The summed E-state index contributed by atoms with van der Waals surface area (Å²) in [7, 11) is 0. The first-order chi connectivity index (χ1) is 17.1. The molecule has 0 bridgehead atoms. The molecule has 0 saturated carbocycles. The van der Waals surface area contributed by atoms with E-state index in [4.69, 9.17) is 0 Å². The lowest BCUT2D eigenvalue weighted by Crippen LogP contribution is -2.26. The van der Waals surface area contributed by atoms with Crippen LogP contribution in [-0.2, 0) is 19.3 Å². The zero-order valence-electron chi connectivity index (χ0n) is 18.9. The molecule has 2 amide bonds. The van der Waals surface area contributed by atoms with Gasteiger partial charge in [-0.15, -0.1) is 0 Å². The summed E-state index contributed by atoms with van der Waals surface area (Å²) in [6, 6.07) is 9.34. The van der Waals surface area contributed by atoms with Gasteiger partial charge in [-0.05, 0) is 55.3 Å². The molecule has 190 valence electrons. The van der Waals surface area contributed by atoms with Gasteiger partial charge in [-0.2, -0.15) is 13.2 Å². The molecule has 1 aromatic heterocycles. The van der Waals surface area contributed by atoms with E-state index in [1.807, 2.05) is 0 Å². The highest BCUT2D eigenvalue weighted by Gasteiger charge is 2.33. The number of alkyl halides is 3. The molecule has 0 unspecified atom stereocenters. The van der Waals surface area contributed by atoms with Crippen molar-refractivity contribution in [2.45, 2.75) is 32.1 Å². The average molecular weight is 523 g/mol. The van der Waals surface area contributed by atoms with Gasteiger partial charge in [-0.25, -0.2) is 14.2 Å². The number of thiazole rings is 1. The number of aromatic nitrogens is 1. The Bertz CT molecular complexity index is 1270. The fraction of sp³-hybridized carbons (Fsp3) is 0.292. The SMILES string of the molecule is O=C(O)Nc1sc(-c2cc(CN3CCCC3)ccc2F)nc1C(=O)NCc1ccccc1C(F)(F)F. The molecule has 2 heterocycles. The molecule has 1 aliphatic heterocycles. The molecule has 3 aromatic rings. The van der Waals surface area contributed by atoms with Crippen LogP contribution in [0.5, 0.6) is 0 Å². The summed E-state index contributed by atoms with van der Waals surface area (Å²) in [6.07, 6.45) is -3.89. The zero-order valence-corrected chi connectivity index (χ0v) is 19.7. The molecular weight excluding hydrogens is 500 g/mol. The lowest BCUT2D eigenvalue weighted by molar-refractivity contribution is -0.138. The van der Waals surface area contributed by atoms with E-state index in [9.17, 15) is 32.3 Å². The van der Waals surface area contributed by atoms with Gasteiger partial charge >= 0.3 is 12.3 Å². The third-order valence-corrected chi connectivity index (χ3v) is 6.69. The van der Waals surface area contributed by atoms with Crippen LogP contribution in [0.1, 0.15) is 40.0 Å². The minimum absolute atomic E-state index is 0.0698. The third kappa shape index (κ3) is 6.00. The van der Waals surface area contributed by atoms with Crippen molar-refractivity contribution < 1.29 is 32.3 Å². The quantitative estimate of drug-likeness (QED) is 0.352. The standard InChI is InChI=1S/C24H22F4N4O3S/c25-18-8-7-14(13-32-9-3-4-10-32)11-16(18)21-30-19(22(36-21)31-23(34)35)20(33)29-12-15-5-1-2-6-17(15)24(26,27)28/h1-2,5-8,11,31H,3-4,9-10,12-13H2,(H,29,33)(H,34,35). The predicted molar refractivity (Wildman–Crippen MR) is 126 cm³/mol. The highest BCUT2D eigenvalue weighted by molar-refractivity contribution is 7.19. The molecule has 3 N–H and O–H groups in total. The Labute approximate surface area is 207 Å². The summed E-state index contributed by atoms with van der Waals surface area (Å²) >= 11 is 0.766. The molecule has 0 spiro atoms. The van der Waals surface area contributed by atoms with Gasteiger partial charge in [0.25, 0.3) is 5.91 Å². The summed E-state index contributed by atoms with van der Waals surface area (Å²) in [5.41, 5.74) is -0.476. The van der Waals surface area contributed by atoms with E-state index >= 15 is 0 Å². The van der Waals surface area contributed by atoms with Crippen LogP contribution in [0.4, 0.5) is 27.4 Å². The normalized spacial score (nSPS) is 14.1. The number of halogens is 4. The van der Waals surface area contributed by atoms with Gasteiger partial charge in [0.05, 0.1) is 5.56 Å². The molecule has 0 radical (unpaired) electrons. The van der Waals surface area contributed by atoms with Crippen LogP contribution in [0, 0.1) is 5.82 Å². The van der Waals surface area contributed by atoms with Crippen molar-refractivity contribution in [2.75, 3.05) is 18.4 Å². The summed E-state index contributed by atoms with van der Waals surface area (Å²) in [6.45, 7) is 2.04. The second kappa shape index (κ2) is 10.6. The molecule has 0 aliphatic carbocycles. The van der Waals surface area contributed by atoms with Crippen molar-refractivity contribution in [2.24, 2.45) is 0 Å². The number of rotatable bonds is 7. The molecule has 0 atom stereocenters. The molecule has 12 heteroatoms. The number of carbonyl (C=O) groups is 2. The second-order valence-corrected chi connectivity index (χ2v) is 9.26. The van der Waals surface area contributed by atoms with E-state index in [1.165, 1.54) is 24.3 Å². The fourth-order valence-corrected chi connectivity index (χ4v) is 4.98. The number of hydrogen-bond acceptors (Lipinski definition) is 5. The highest BCUT2D eigenvalue weighted by Crippen LogP contribution is 2.35. The lowest BCUT2D eigenvalue weighted by Gasteiger charge is -2.15. The lowest BCUT2D eigenvalue weighted by atomic mass is 10.1. The molecule has 1 fully saturated rings. The number of anilines is 1. The van der Waals surface area contributed by atoms with Crippen molar-refractivity contribution >= 4 is 28.3 Å². The fourth-order valence-electron chi connectivity index (χ4n) is 4.01. The topological polar surface area (TPSA) is 94.6 Å². The van der Waals surface area contributed by atoms with Crippen LogP contribution in [0.2, 0.25) is 0 Å². The van der Waals surface area contributed by atoms with Crippen LogP contribution in [0.3, 0.4) is 0 Å². The van der Waals surface area contributed by atoms with Gasteiger partial charge in [0.15, 0.2) is 5.69 Å². The Hall–Kier alpha value is -3.51. The smallest absolute Gasteiger partial charge is 0.416 e. The minimum atomic E-state index is -4.61. The molecule has 7 nitrogen and oxygen atoms in total. The van der Waals surface area contributed by atoms with Crippen LogP contribution >= 0.6 is 11.3 Å². The average Bonchev–Trinajstić information content (AvgIpc) is 3.48. The number of nitrogens with zero attached hydrogens (tertiary/aromatic N) is 2. The summed E-state index contributed by atoms with van der Waals surface area (Å²) < 4.78 is 54.5. The van der Waals surface area contributed by atoms with Gasteiger partial charge in [0.1, 0.15) is 15.8 Å². The van der Waals surface area contributed by atoms with Gasteiger partial charge in [0.2, 0.25) is 0 Å². The highest BCUT2D eigenvalue weighted by atomic mass is 32.1. The van der Waals surface area contributed by atoms with E-state index in [-0.39, 0.29) is 26.8 Å². The van der Waals surface area contributed by atoms with Crippen molar-refractivity contribution in [1.29, 1.82) is 0 Å². The molecule has 4 rings (SSSR count). The number of hydrogen-bond donors (Lipinski definition) is 3. The number of amides is 2. The maximum atomic E-state index is 14.7. The van der Waals surface area contributed by atoms with Gasteiger partial charge in [-0.3, -0.25) is 15.0 Å². The molecule has 1 aliphatic rings. The van der Waals surface area contributed by atoms with Gasteiger partial charge in [0, 0.05) is 18.7 Å². The van der Waals surface area contributed by atoms with Crippen molar-refractivity contribution in [3.63, 3.8) is 0 Å². The number of nitrogens with one attached hydrogen (secondary N) is 2. The minimum Gasteiger partial charge on any atom is -0.465 e. The van der Waals surface area contributed by atoms with Crippen LogP contribution in [0.25, 0.3) is 10.6 Å². The summed E-state index contributed by atoms with van der Waals surface area (Å²) in [5.74, 6) is -1.49. The predicted octanol–water partition coefficient (Wildman–Crippen LogP) is 5.58. The van der Waals surface area contributed by atoms with Gasteiger partial charge < -0.3 is 10.4 Å². The molecule has 1 saturated heterocycles. The van der Waals surface area contributed by atoms with E-state index in [1.54, 1.807) is 12.1 Å². The summed E-state index contributed by atoms with van der Waals surface area (Å²) in [4.78, 5) is 30.5. The number of carbonyl (C=O) groups excluding carboxylic acids is 1. The Morgan fingerprint density at radius 1 is 1.11 bits per heavy atom. The van der Waals surface area contributed by atoms with Crippen LogP contribution in [-0.4, -0.2) is 40.1 Å². The Kier molecular flexibility index (Phi) is 7.55. The molecule has 2 aromatic carbocycles. The number of likely N-dealkylation sites (tertiary alicyclic amines) is 1. The van der Waals surface area contributed by atoms with Crippen LogP contribution < -0.4 is 10.6 Å². The van der Waals surface area contributed by atoms with E-state index in [0.29, 0.717) is 6.54 Å². The van der Waals surface area contributed by atoms with E-state index in [0.717, 1.165) is 48.9 Å². The van der Waals surface area contributed by atoms with E-state index in [2.05, 4.69) is 20.5 Å². The van der Waals surface area contributed by atoms with Crippen molar-refractivity contribution in [1.82, 2.24) is 15.2 Å². The number of benzene rings is 2. The number of carboxylic acid groups (broad SMARTS) is 1. The zero-order chi connectivity index (χ0) is 25.9. The van der Waals surface area contributed by atoms with Crippen molar-refractivity contribution in [3.8, 4) is 10.6 Å². The first-order valence-electron chi connectivity index (χ1n) is 11.1. The first kappa shape index (κ1) is 25.6. The Morgan fingerprint density at radius 3 is 2.53 bits per heavy atom. The van der Waals surface area contributed by atoms with E-state index < -0.39 is 36.1 Å². The van der Waals surface area contributed by atoms with Crippen LogP contribution in [0.15, 0.2) is 42.5 Å². The second-order valence-electron chi connectivity index (χ2n) is 8.26. The first-order valence-corrected chi connectivity index (χ1v) is 11.9. The Balaban J connectivity index is 1.60. The summed E-state index contributed by atoms with van der Waals surface area (Å²) in [5, 5.41) is 13.5. The molecule has 36 heavy (non-hydrogen) atoms. The monoisotopic (exact) mass is 522 g/mol. The van der Waals surface area contributed by atoms with Gasteiger partial charge in [-0.1, -0.05) is 35.6 Å². The Morgan fingerprint density at radius 2 is 1.83 bits per heavy atom. The maximum absolute atomic E-state index is 14.7. The maximum Gasteiger partial charge on any atom is 0.416 e. The van der Waals surface area contributed by atoms with Crippen molar-refractivity contribution in [3.05, 3.63) is 70.7 Å². The molecular formula is C24H22F4N4O3S. The third-order valence-electron chi connectivity index (χ3n) is 5.69.